The van der Waals surface area contributed by atoms with Gasteiger partial charge in [0.25, 0.3) is 0 Å². The Hall–Kier alpha value is -0.690. The lowest BCUT2D eigenvalue weighted by Crippen LogP contribution is -2.43. The summed E-state index contributed by atoms with van der Waals surface area (Å²) in [6.45, 7) is 21.0. The molecule has 0 aromatic heterocycles. The SMILES string of the molecule is CC1CCN(CC(=O)NCCNC(C)C)CC1.CCN(CCN(C)C)C(C)C.[HH].[HH]. The van der Waals surface area contributed by atoms with Crippen molar-refractivity contribution in [1.29, 1.82) is 0 Å². The molecule has 0 radical (unpaired) electrons. The Morgan fingerprint density at radius 1 is 1.11 bits per heavy atom. The van der Waals surface area contributed by atoms with E-state index in [4.69, 9.17) is 0 Å². The van der Waals surface area contributed by atoms with Gasteiger partial charge in [-0.15, -0.1) is 0 Å². The Morgan fingerprint density at radius 3 is 2.18 bits per heavy atom. The number of nitrogens with one attached hydrogen (secondary N) is 2. The maximum atomic E-state index is 11.7. The minimum absolute atomic E-state index is 0. The minimum Gasteiger partial charge on any atom is -0.354 e. The van der Waals surface area contributed by atoms with Crippen molar-refractivity contribution in [3.63, 3.8) is 0 Å². The fraction of sp³-hybridized carbons (Fsp3) is 0.955. The fourth-order valence-corrected chi connectivity index (χ4v) is 3.15. The van der Waals surface area contributed by atoms with E-state index in [-0.39, 0.29) is 8.76 Å². The van der Waals surface area contributed by atoms with Crippen molar-refractivity contribution in [3.05, 3.63) is 0 Å². The topological polar surface area (TPSA) is 50.9 Å². The summed E-state index contributed by atoms with van der Waals surface area (Å²) in [6, 6.07) is 1.16. The van der Waals surface area contributed by atoms with E-state index in [1.165, 1.54) is 19.4 Å². The first-order chi connectivity index (χ1) is 13.1. The number of nitrogens with zero attached hydrogens (tertiary/aromatic N) is 3. The van der Waals surface area contributed by atoms with Crippen molar-refractivity contribution < 1.29 is 7.65 Å². The molecule has 0 spiro atoms. The molecule has 1 rings (SSSR count). The normalized spacial score (nSPS) is 16.0. The van der Waals surface area contributed by atoms with Crippen LogP contribution < -0.4 is 10.6 Å². The van der Waals surface area contributed by atoms with Crippen LogP contribution in [0.2, 0.25) is 0 Å². The average molecular weight is 404 g/mol. The maximum Gasteiger partial charge on any atom is 0.234 e. The summed E-state index contributed by atoms with van der Waals surface area (Å²) in [5.41, 5.74) is 0. The van der Waals surface area contributed by atoms with Gasteiger partial charge in [0.2, 0.25) is 5.91 Å². The Kier molecular flexibility index (Phi) is 15.7. The van der Waals surface area contributed by atoms with E-state index in [0.717, 1.165) is 45.2 Å². The van der Waals surface area contributed by atoms with E-state index in [9.17, 15) is 4.79 Å². The van der Waals surface area contributed by atoms with Crippen LogP contribution in [0.15, 0.2) is 0 Å². The summed E-state index contributed by atoms with van der Waals surface area (Å²) in [5, 5.41) is 6.24. The van der Waals surface area contributed by atoms with Gasteiger partial charge in [-0.1, -0.05) is 27.7 Å². The molecule has 0 bridgehead atoms. The van der Waals surface area contributed by atoms with Crippen molar-refractivity contribution in [2.45, 2.75) is 66.5 Å². The molecule has 6 nitrogen and oxygen atoms in total. The molecule has 28 heavy (non-hydrogen) atoms. The molecular weight excluding hydrogens is 350 g/mol. The molecule has 1 heterocycles. The predicted molar refractivity (Wildman–Crippen MR) is 126 cm³/mol. The lowest BCUT2D eigenvalue weighted by molar-refractivity contribution is -0.122. The number of hydrogen-bond donors (Lipinski definition) is 2. The van der Waals surface area contributed by atoms with Crippen LogP contribution in [0.25, 0.3) is 0 Å². The second kappa shape index (κ2) is 16.1. The van der Waals surface area contributed by atoms with E-state index < -0.39 is 0 Å². The third-order valence-corrected chi connectivity index (χ3v) is 5.21. The quantitative estimate of drug-likeness (QED) is 0.519. The smallest absolute Gasteiger partial charge is 0.234 e. The minimum atomic E-state index is 0. The number of carbonyl (C=O) groups excluding carboxylic acids is 1. The van der Waals surface area contributed by atoms with Crippen molar-refractivity contribution >= 4 is 5.91 Å². The van der Waals surface area contributed by atoms with Gasteiger partial charge in [0.05, 0.1) is 6.54 Å². The molecule has 0 atom stereocenters. The first-order valence-electron chi connectivity index (χ1n) is 11.3. The molecule has 0 aromatic carbocycles. The first-order valence-corrected chi connectivity index (χ1v) is 11.3. The predicted octanol–water partition coefficient (Wildman–Crippen LogP) is 2.60. The highest BCUT2D eigenvalue weighted by molar-refractivity contribution is 5.78. The number of carbonyl (C=O) groups is 1. The maximum absolute atomic E-state index is 11.7. The van der Waals surface area contributed by atoms with Gasteiger partial charge >= 0.3 is 0 Å². The van der Waals surface area contributed by atoms with Gasteiger partial charge in [-0.05, 0) is 66.3 Å². The van der Waals surface area contributed by atoms with E-state index in [1.807, 2.05) is 0 Å². The standard InChI is InChI=1S/C13H27N3O.C9H22N2.2H2/c1-11(2)14-6-7-15-13(17)10-16-8-4-12(3)5-9-16;1-6-11(9(2)3)8-7-10(4)5;;/h11-12,14H,4-10H2,1-3H3,(H,15,17);9H,6-8H2,1-5H3;2*1H. The molecule has 1 fully saturated rings. The highest BCUT2D eigenvalue weighted by Gasteiger charge is 2.17. The van der Waals surface area contributed by atoms with Crippen LogP contribution in [0.3, 0.4) is 0 Å². The Bertz CT molecular complexity index is 390. The highest BCUT2D eigenvalue weighted by Crippen LogP contribution is 2.15. The number of rotatable bonds is 11. The van der Waals surface area contributed by atoms with Gasteiger partial charge < -0.3 is 15.5 Å². The van der Waals surface area contributed by atoms with Gasteiger partial charge in [-0.2, -0.15) is 0 Å². The van der Waals surface area contributed by atoms with Crippen LogP contribution in [0, 0.1) is 5.92 Å². The van der Waals surface area contributed by atoms with Gasteiger partial charge in [0.15, 0.2) is 0 Å². The molecule has 172 valence electrons. The third-order valence-electron chi connectivity index (χ3n) is 5.21. The van der Waals surface area contributed by atoms with Crippen LogP contribution in [-0.2, 0) is 4.79 Å². The van der Waals surface area contributed by atoms with Crippen LogP contribution in [0.4, 0.5) is 0 Å². The third kappa shape index (κ3) is 15.3. The summed E-state index contributed by atoms with van der Waals surface area (Å²) in [6.07, 6.45) is 2.45. The zero-order valence-corrected chi connectivity index (χ0v) is 20.1. The van der Waals surface area contributed by atoms with E-state index in [2.05, 4.69) is 81.0 Å². The molecule has 1 saturated heterocycles. The summed E-state index contributed by atoms with van der Waals surface area (Å²) in [7, 11) is 4.24. The zero-order chi connectivity index (χ0) is 21.5. The van der Waals surface area contributed by atoms with Crippen LogP contribution in [0.5, 0.6) is 0 Å². The van der Waals surface area contributed by atoms with Crippen LogP contribution in [-0.4, -0.2) is 99.1 Å². The molecule has 0 saturated carbocycles. The van der Waals surface area contributed by atoms with Crippen LogP contribution in [0.1, 0.15) is 57.2 Å². The molecule has 0 aromatic rings. The van der Waals surface area contributed by atoms with Gasteiger partial charge in [0, 0.05) is 41.1 Å². The monoisotopic (exact) mass is 403 g/mol. The van der Waals surface area contributed by atoms with E-state index in [1.54, 1.807) is 0 Å². The average Bonchev–Trinajstić information content (AvgIpc) is 2.61. The Labute approximate surface area is 178 Å². The number of hydrogen-bond acceptors (Lipinski definition) is 5. The van der Waals surface area contributed by atoms with Crippen molar-refractivity contribution in [1.82, 2.24) is 25.3 Å². The zero-order valence-electron chi connectivity index (χ0n) is 20.1. The largest absolute Gasteiger partial charge is 0.354 e. The first kappa shape index (κ1) is 27.3. The molecule has 6 heteroatoms. The van der Waals surface area contributed by atoms with E-state index >= 15 is 0 Å². The summed E-state index contributed by atoms with van der Waals surface area (Å²) in [5.74, 6) is 0.981. The van der Waals surface area contributed by atoms with Crippen molar-refractivity contribution in [3.8, 4) is 0 Å². The lowest BCUT2D eigenvalue weighted by Gasteiger charge is -2.29. The second-order valence-electron chi connectivity index (χ2n) is 8.94. The van der Waals surface area contributed by atoms with Crippen molar-refractivity contribution in [2.75, 3.05) is 66.5 Å². The number of likely N-dealkylation sites (N-methyl/N-ethyl adjacent to an activating group) is 2. The second-order valence-corrected chi connectivity index (χ2v) is 8.94. The van der Waals surface area contributed by atoms with Crippen LogP contribution >= 0.6 is 0 Å². The molecule has 1 amide bonds. The summed E-state index contributed by atoms with van der Waals surface area (Å²) in [4.78, 5) is 18.6. The fourth-order valence-electron chi connectivity index (χ4n) is 3.15. The number of piperidine rings is 1. The Morgan fingerprint density at radius 2 is 1.71 bits per heavy atom. The molecule has 1 aliphatic heterocycles. The molecule has 2 N–H and O–H groups in total. The van der Waals surface area contributed by atoms with Gasteiger partial charge in [-0.3, -0.25) is 14.6 Å². The lowest BCUT2D eigenvalue weighted by atomic mass is 9.99. The van der Waals surface area contributed by atoms with Crippen molar-refractivity contribution in [2.24, 2.45) is 5.92 Å². The molecule has 0 aliphatic carbocycles. The highest BCUT2D eigenvalue weighted by atomic mass is 16.2. The summed E-state index contributed by atoms with van der Waals surface area (Å²) >= 11 is 0. The molecule has 1 aliphatic rings. The molecule has 0 unspecified atom stereocenters. The number of amides is 1. The molecular formula is C22H53N5O. The Balaban J connectivity index is -0.000000495. The van der Waals surface area contributed by atoms with Gasteiger partial charge in [0.1, 0.15) is 0 Å². The van der Waals surface area contributed by atoms with E-state index in [0.29, 0.717) is 18.6 Å². The summed E-state index contributed by atoms with van der Waals surface area (Å²) < 4.78 is 0. The van der Waals surface area contributed by atoms with Gasteiger partial charge in [-0.25, -0.2) is 0 Å². The number of likely N-dealkylation sites (tertiary alicyclic amines) is 1.